The molecule has 8 nitrogen and oxygen atoms in total. The number of rotatable bonds is 8. The highest BCUT2D eigenvalue weighted by atomic mass is 35.5. The molecule has 0 aliphatic carbocycles. The third-order valence-electron chi connectivity index (χ3n) is 6.06. The van der Waals surface area contributed by atoms with E-state index in [9.17, 15) is 19.8 Å². The van der Waals surface area contributed by atoms with E-state index in [0.29, 0.717) is 23.7 Å². The number of ketones is 1. The Hall–Kier alpha value is -4.17. The number of aromatic hydroxyl groups is 1. The lowest BCUT2D eigenvalue weighted by Gasteiger charge is -2.26. The lowest BCUT2D eigenvalue weighted by molar-refractivity contribution is -0.140. The van der Waals surface area contributed by atoms with Crippen LogP contribution in [0.15, 0.2) is 66.2 Å². The van der Waals surface area contributed by atoms with Crippen LogP contribution in [0.3, 0.4) is 0 Å². The normalized spacial score (nSPS) is 16.6. The number of likely N-dealkylation sites (tertiary alicyclic amines) is 1. The van der Waals surface area contributed by atoms with Crippen molar-refractivity contribution in [2.24, 2.45) is 0 Å². The molecule has 1 heterocycles. The topological polar surface area (TPSA) is 106 Å². The summed E-state index contributed by atoms with van der Waals surface area (Å²) in [7, 11) is 3.00. The van der Waals surface area contributed by atoms with E-state index >= 15 is 0 Å². The molecule has 0 radical (unpaired) electrons. The van der Waals surface area contributed by atoms with Gasteiger partial charge in [-0.25, -0.2) is 0 Å². The number of halogens is 1. The van der Waals surface area contributed by atoms with Crippen LogP contribution in [-0.2, 0) is 16.1 Å². The predicted octanol–water partition coefficient (Wildman–Crippen LogP) is 5.08. The summed E-state index contributed by atoms with van der Waals surface area (Å²) in [5, 5.41) is 21.8. The Morgan fingerprint density at radius 2 is 1.73 bits per heavy atom. The van der Waals surface area contributed by atoms with E-state index in [1.54, 1.807) is 49.4 Å². The van der Waals surface area contributed by atoms with Crippen LogP contribution in [0, 0.1) is 0 Å². The number of benzene rings is 3. The average Bonchev–Trinajstić information content (AvgIpc) is 3.15. The van der Waals surface area contributed by atoms with Crippen LogP contribution in [0.25, 0.3) is 5.76 Å². The van der Waals surface area contributed by atoms with Gasteiger partial charge in [-0.15, -0.1) is 0 Å². The van der Waals surface area contributed by atoms with Crippen molar-refractivity contribution in [2.45, 2.75) is 19.5 Å². The second kappa shape index (κ2) is 10.8. The van der Waals surface area contributed by atoms with Gasteiger partial charge in [-0.1, -0.05) is 29.8 Å². The first kappa shape index (κ1) is 25.9. The zero-order valence-corrected chi connectivity index (χ0v) is 21.3. The molecule has 192 valence electrons. The van der Waals surface area contributed by atoms with Crippen molar-refractivity contribution in [1.29, 1.82) is 0 Å². The number of hydrogen-bond donors (Lipinski definition) is 2. The minimum atomic E-state index is -0.992. The number of ether oxygens (including phenoxy) is 3. The van der Waals surface area contributed by atoms with Crippen LogP contribution >= 0.6 is 11.6 Å². The number of aliphatic hydroxyl groups is 1. The highest BCUT2D eigenvalue weighted by molar-refractivity contribution is 6.47. The first-order valence-corrected chi connectivity index (χ1v) is 11.9. The van der Waals surface area contributed by atoms with Crippen LogP contribution in [0.4, 0.5) is 0 Å². The SMILES string of the molecule is CCOc1cc(C2/C(=C(\O)c3cc(OC)ccc3Cl)C(=O)C(=O)N2Cc2cccc(OC)c2)ccc1O. The summed E-state index contributed by atoms with van der Waals surface area (Å²) in [6.45, 7) is 2.12. The van der Waals surface area contributed by atoms with Gasteiger partial charge < -0.3 is 29.3 Å². The molecule has 1 amide bonds. The summed E-state index contributed by atoms with van der Waals surface area (Å²) < 4.78 is 16.1. The van der Waals surface area contributed by atoms with E-state index in [4.69, 9.17) is 25.8 Å². The number of carbonyl (C=O) groups is 2. The van der Waals surface area contributed by atoms with Gasteiger partial charge in [0, 0.05) is 12.1 Å². The Morgan fingerprint density at radius 3 is 2.43 bits per heavy atom. The smallest absolute Gasteiger partial charge is 0.295 e. The molecule has 0 saturated carbocycles. The fourth-order valence-corrected chi connectivity index (χ4v) is 4.49. The quantitative estimate of drug-likeness (QED) is 0.241. The van der Waals surface area contributed by atoms with Gasteiger partial charge in [-0.3, -0.25) is 9.59 Å². The first-order valence-electron chi connectivity index (χ1n) is 11.5. The summed E-state index contributed by atoms with van der Waals surface area (Å²) in [6, 6.07) is 15.3. The predicted molar refractivity (Wildman–Crippen MR) is 138 cm³/mol. The van der Waals surface area contributed by atoms with Gasteiger partial charge in [0.15, 0.2) is 11.5 Å². The second-order valence-corrected chi connectivity index (χ2v) is 8.69. The maximum Gasteiger partial charge on any atom is 0.295 e. The number of amides is 1. The van der Waals surface area contributed by atoms with Crippen LogP contribution < -0.4 is 14.2 Å². The molecular weight excluding hydrogens is 498 g/mol. The van der Waals surface area contributed by atoms with E-state index in [0.717, 1.165) is 5.56 Å². The van der Waals surface area contributed by atoms with Crippen molar-refractivity contribution in [2.75, 3.05) is 20.8 Å². The van der Waals surface area contributed by atoms with Gasteiger partial charge in [0.1, 0.15) is 17.3 Å². The van der Waals surface area contributed by atoms with Gasteiger partial charge in [-0.2, -0.15) is 0 Å². The first-order chi connectivity index (χ1) is 17.8. The van der Waals surface area contributed by atoms with E-state index in [1.807, 2.05) is 0 Å². The molecule has 0 bridgehead atoms. The lowest BCUT2D eigenvalue weighted by atomic mass is 9.94. The zero-order valence-electron chi connectivity index (χ0n) is 20.5. The monoisotopic (exact) mass is 523 g/mol. The molecule has 37 heavy (non-hydrogen) atoms. The van der Waals surface area contributed by atoms with Crippen molar-refractivity contribution in [3.8, 4) is 23.0 Å². The number of methoxy groups -OCH3 is 2. The highest BCUT2D eigenvalue weighted by Crippen LogP contribution is 2.43. The molecule has 1 fully saturated rings. The summed E-state index contributed by atoms with van der Waals surface area (Å²) in [5.74, 6) is -0.993. The Morgan fingerprint density at radius 1 is 1.00 bits per heavy atom. The molecule has 9 heteroatoms. The van der Waals surface area contributed by atoms with Crippen molar-refractivity contribution in [1.82, 2.24) is 4.90 Å². The van der Waals surface area contributed by atoms with Crippen molar-refractivity contribution >= 4 is 29.1 Å². The number of phenols is 1. The molecule has 1 atom stereocenters. The number of Topliss-reactive ketones (excluding diaryl/α,β-unsaturated/α-hetero) is 1. The Kier molecular flexibility index (Phi) is 7.59. The zero-order chi connectivity index (χ0) is 26.7. The van der Waals surface area contributed by atoms with Gasteiger partial charge in [0.2, 0.25) is 0 Å². The van der Waals surface area contributed by atoms with E-state index < -0.39 is 23.5 Å². The number of hydrogen-bond acceptors (Lipinski definition) is 7. The number of phenolic OH excluding ortho intramolecular Hbond substituents is 1. The molecule has 1 aliphatic rings. The van der Waals surface area contributed by atoms with Gasteiger partial charge in [0.05, 0.1) is 37.5 Å². The Balaban J connectivity index is 1.91. The lowest BCUT2D eigenvalue weighted by Crippen LogP contribution is -2.29. The van der Waals surface area contributed by atoms with Gasteiger partial charge in [0.25, 0.3) is 11.7 Å². The third kappa shape index (κ3) is 5.06. The third-order valence-corrected chi connectivity index (χ3v) is 6.38. The van der Waals surface area contributed by atoms with Gasteiger partial charge >= 0.3 is 0 Å². The largest absolute Gasteiger partial charge is 0.507 e. The molecule has 1 unspecified atom stereocenters. The van der Waals surface area contributed by atoms with E-state index in [-0.39, 0.29) is 34.2 Å². The minimum absolute atomic E-state index is 0.0555. The summed E-state index contributed by atoms with van der Waals surface area (Å²) in [5.41, 5.74) is 1.18. The van der Waals surface area contributed by atoms with E-state index in [1.165, 1.54) is 37.3 Å². The van der Waals surface area contributed by atoms with Crippen LogP contribution in [-0.4, -0.2) is 47.6 Å². The molecular formula is C28H26ClNO7. The van der Waals surface area contributed by atoms with Crippen molar-refractivity contribution in [3.05, 3.63) is 87.9 Å². The van der Waals surface area contributed by atoms with Crippen LogP contribution in [0.2, 0.25) is 5.02 Å². The maximum absolute atomic E-state index is 13.4. The van der Waals surface area contributed by atoms with Crippen LogP contribution in [0.1, 0.15) is 29.7 Å². The van der Waals surface area contributed by atoms with Crippen molar-refractivity contribution in [3.63, 3.8) is 0 Å². The summed E-state index contributed by atoms with van der Waals surface area (Å²) >= 11 is 6.36. The number of aliphatic hydroxyl groups excluding tert-OH is 1. The molecule has 0 spiro atoms. The fourth-order valence-electron chi connectivity index (χ4n) is 4.29. The summed E-state index contributed by atoms with van der Waals surface area (Å²) in [4.78, 5) is 28.1. The van der Waals surface area contributed by atoms with E-state index in [2.05, 4.69) is 0 Å². The molecule has 3 aromatic rings. The standard InChI is InChI=1S/C28H26ClNO7/c1-4-37-23-13-17(8-11-22(23)31)25-24(26(32)20-14-19(36-3)9-10-21(20)29)27(33)28(34)30(25)15-16-6-5-7-18(12-16)35-2/h5-14,25,31-32H,4,15H2,1-3H3/b26-24+. The Bertz CT molecular complexity index is 1380. The minimum Gasteiger partial charge on any atom is -0.507 e. The molecule has 3 aromatic carbocycles. The molecule has 1 aliphatic heterocycles. The van der Waals surface area contributed by atoms with Crippen LogP contribution in [0.5, 0.6) is 23.0 Å². The van der Waals surface area contributed by atoms with Crippen molar-refractivity contribution < 1.29 is 34.0 Å². The molecule has 4 rings (SSSR count). The molecule has 0 aromatic heterocycles. The maximum atomic E-state index is 13.4. The average molecular weight is 524 g/mol. The Labute approximate surface area is 219 Å². The van der Waals surface area contributed by atoms with Gasteiger partial charge in [-0.05, 0) is 60.5 Å². The second-order valence-electron chi connectivity index (χ2n) is 8.28. The number of carbonyl (C=O) groups excluding carboxylic acids is 2. The number of nitrogens with zero attached hydrogens (tertiary/aromatic N) is 1. The fraction of sp³-hybridized carbons (Fsp3) is 0.214. The summed E-state index contributed by atoms with van der Waals surface area (Å²) in [6.07, 6.45) is 0. The highest BCUT2D eigenvalue weighted by Gasteiger charge is 2.46. The molecule has 1 saturated heterocycles. The molecule has 2 N–H and O–H groups in total.